The average molecular weight is 431 g/mol. The summed E-state index contributed by atoms with van der Waals surface area (Å²) in [6.45, 7) is 2.46. The van der Waals surface area contributed by atoms with Crippen molar-refractivity contribution < 1.29 is 19.1 Å². The standard InChI is InChI=1S/C27H42O4/c1-2-3-4-5-6-7-8-9-10-11-12-13-14-15-19-22-26(28)30-23-24-31-27(29)25-20-17-16-18-21-25/h9-10,16-18,20-21H,2-8,11-15,19,22-24H2,1H3/b10-9-. The van der Waals surface area contributed by atoms with E-state index in [4.69, 9.17) is 9.47 Å². The van der Waals surface area contributed by atoms with Crippen molar-refractivity contribution in [3.05, 3.63) is 48.0 Å². The highest BCUT2D eigenvalue weighted by Crippen LogP contribution is 2.10. The van der Waals surface area contributed by atoms with E-state index in [1.165, 1.54) is 64.2 Å². The SMILES string of the molecule is CCCCCCCC/C=C\CCCCCCCC(=O)OCCOC(=O)c1ccccc1. The van der Waals surface area contributed by atoms with Crippen LogP contribution in [0.2, 0.25) is 0 Å². The van der Waals surface area contributed by atoms with E-state index in [1.54, 1.807) is 24.3 Å². The minimum atomic E-state index is -0.395. The van der Waals surface area contributed by atoms with Crippen molar-refractivity contribution >= 4 is 11.9 Å². The maximum atomic E-state index is 11.8. The molecule has 1 rings (SSSR count). The number of esters is 2. The van der Waals surface area contributed by atoms with Crippen molar-refractivity contribution in [3.8, 4) is 0 Å². The van der Waals surface area contributed by atoms with Crippen LogP contribution in [0.5, 0.6) is 0 Å². The molecule has 174 valence electrons. The van der Waals surface area contributed by atoms with Gasteiger partial charge in [0.05, 0.1) is 5.56 Å². The third-order valence-corrected chi connectivity index (χ3v) is 5.23. The molecule has 31 heavy (non-hydrogen) atoms. The van der Waals surface area contributed by atoms with Crippen LogP contribution in [0.1, 0.15) is 107 Å². The molecule has 0 radical (unpaired) electrons. The molecule has 0 saturated carbocycles. The summed E-state index contributed by atoms with van der Waals surface area (Å²) in [5.41, 5.74) is 0.502. The molecule has 0 aliphatic carbocycles. The molecular weight excluding hydrogens is 388 g/mol. The molecule has 4 nitrogen and oxygen atoms in total. The molecule has 0 N–H and O–H groups in total. The number of rotatable bonds is 19. The summed E-state index contributed by atoms with van der Waals surface area (Å²) < 4.78 is 10.2. The van der Waals surface area contributed by atoms with Gasteiger partial charge in [0.15, 0.2) is 0 Å². The van der Waals surface area contributed by atoms with E-state index in [0.29, 0.717) is 12.0 Å². The lowest BCUT2D eigenvalue weighted by molar-refractivity contribution is -0.144. The van der Waals surface area contributed by atoms with Crippen molar-refractivity contribution in [2.75, 3.05) is 13.2 Å². The summed E-state index contributed by atoms with van der Waals surface area (Å²) in [5, 5.41) is 0. The monoisotopic (exact) mass is 430 g/mol. The van der Waals surface area contributed by atoms with Crippen LogP contribution < -0.4 is 0 Å². The first-order valence-corrected chi connectivity index (χ1v) is 12.3. The van der Waals surface area contributed by atoms with E-state index in [1.807, 2.05) is 6.07 Å². The second kappa shape index (κ2) is 19.8. The van der Waals surface area contributed by atoms with Gasteiger partial charge >= 0.3 is 11.9 Å². The maximum Gasteiger partial charge on any atom is 0.338 e. The van der Waals surface area contributed by atoms with Crippen LogP contribution in [-0.4, -0.2) is 25.2 Å². The minimum absolute atomic E-state index is 0.0891. The van der Waals surface area contributed by atoms with Gasteiger partial charge in [0.2, 0.25) is 0 Å². The van der Waals surface area contributed by atoms with Crippen molar-refractivity contribution in [2.24, 2.45) is 0 Å². The topological polar surface area (TPSA) is 52.6 Å². The predicted molar refractivity (Wildman–Crippen MR) is 127 cm³/mol. The van der Waals surface area contributed by atoms with E-state index in [0.717, 1.165) is 19.3 Å². The molecule has 0 unspecified atom stereocenters. The molecule has 0 spiro atoms. The van der Waals surface area contributed by atoms with Gasteiger partial charge in [-0.25, -0.2) is 4.79 Å². The van der Waals surface area contributed by atoms with Crippen LogP contribution in [0.4, 0.5) is 0 Å². The Kier molecular flexibility index (Phi) is 17.2. The highest BCUT2D eigenvalue weighted by Gasteiger charge is 2.07. The molecule has 0 amide bonds. The van der Waals surface area contributed by atoms with Gasteiger partial charge in [-0.05, 0) is 44.2 Å². The first-order chi connectivity index (χ1) is 15.2. The van der Waals surface area contributed by atoms with Crippen molar-refractivity contribution in [1.29, 1.82) is 0 Å². The van der Waals surface area contributed by atoms with Crippen LogP contribution in [0.25, 0.3) is 0 Å². The quantitative estimate of drug-likeness (QED) is 0.130. The number of carbonyl (C=O) groups is 2. The van der Waals surface area contributed by atoms with Crippen LogP contribution >= 0.6 is 0 Å². The fraction of sp³-hybridized carbons (Fsp3) is 0.630. The zero-order valence-electron chi connectivity index (χ0n) is 19.5. The molecule has 0 atom stereocenters. The number of hydrogen-bond donors (Lipinski definition) is 0. The van der Waals surface area contributed by atoms with Gasteiger partial charge in [0.25, 0.3) is 0 Å². The van der Waals surface area contributed by atoms with E-state index >= 15 is 0 Å². The molecule has 0 heterocycles. The molecule has 0 bridgehead atoms. The second-order valence-electron chi connectivity index (χ2n) is 8.06. The molecule has 0 aliphatic rings. The van der Waals surface area contributed by atoms with E-state index < -0.39 is 5.97 Å². The molecule has 4 heteroatoms. The highest BCUT2D eigenvalue weighted by atomic mass is 16.6. The Morgan fingerprint density at radius 2 is 1.26 bits per heavy atom. The van der Waals surface area contributed by atoms with Crippen LogP contribution in [0.15, 0.2) is 42.5 Å². The summed E-state index contributed by atoms with van der Waals surface area (Å²) in [6.07, 6.45) is 21.2. The maximum absolute atomic E-state index is 11.8. The Labute approximate surface area is 189 Å². The summed E-state index contributed by atoms with van der Waals surface area (Å²) in [6, 6.07) is 8.80. The third-order valence-electron chi connectivity index (χ3n) is 5.23. The van der Waals surface area contributed by atoms with Gasteiger partial charge in [-0.15, -0.1) is 0 Å². The number of hydrogen-bond acceptors (Lipinski definition) is 4. The highest BCUT2D eigenvalue weighted by molar-refractivity contribution is 5.89. The number of ether oxygens (including phenoxy) is 2. The fourth-order valence-electron chi connectivity index (χ4n) is 3.36. The molecule has 1 aromatic rings. The van der Waals surface area contributed by atoms with Gasteiger partial charge in [0, 0.05) is 6.42 Å². The van der Waals surface area contributed by atoms with Crippen LogP contribution in [-0.2, 0) is 14.3 Å². The van der Waals surface area contributed by atoms with Crippen molar-refractivity contribution in [1.82, 2.24) is 0 Å². The van der Waals surface area contributed by atoms with Crippen molar-refractivity contribution in [2.45, 2.75) is 96.8 Å². The minimum Gasteiger partial charge on any atom is -0.462 e. The number of unbranched alkanes of at least 4 members (excludes halogenated alkanes) is 11. The molecular formula is C27H42O4. The Morgan fingerprint density at radius 3 is 1.90 bits per heavy atom. The van der Waals surface area contributed by atoms with Gasteiger partial charge in [0.1, 0.15) is 13.2 Å². The number of benzene rings is 1. The molecule has 0 aliphatic heterocycles. The van der Waals surface area contributed by atoms with Gasteiger partial charge in [-0.2, -0.15) is 0 Å². The molecule has 0 fully saturated rings. The summed E-state index contributed by atoms with van der Waals surface area (Å²) in [7, 11) is 0. The largest absolute Gasteiger partial charge is 0.462 e. The molecule has 0 aromatic heterocycles. The Bertz CT molecular complexity index is 595. The lowest BCUT2D eigenvalue weighted by atomic mass is 10.1. The van der Waals surface area contributed by atoms with Gasteiger partial charge in [-0.1, -0.05) is 88.6 Å². The summed E-state index contributed by atoms with van der Waals surface area (Å²) in [5.74, 6) is -0.609. The zero-order valence-corrected chi connectivity index (χ0v) is 19.5. The van der Waals surface area contributed by atoms with E-state index in [-0.39, 0.29) is 19.2 Å². The Hall–Kier alpha value is -2.10. The first kappa shape index (κ1) is 26.9. The Morgan fingerprint density at radius 1 is 0.710 bits per heavy atom. The lowest BCUT2D eigenvalue weighted by Gasteiger charge is -2.06. The first-order valence-electron chi connectivity index (χ1n) is 12.3. The van der Waals surface area contributed by atoms with E-state index in [2.05, 4.69) is 19.1 Å². The van der Waals surface area contributed by atoms with E-state index in [9.17, 15) is 9.59 Å². The van der Waals surface area contributed by atoms with Crippen LogP contribution in [0, 0.1) is 0 Å². The summed E-state index contributed by atoms with van der Waals surface area (Å²) >= 11 is 0. The smallest absolute Gasteiger partial charge is 0.338 e. The average Bonchev–Trinajstić information content (AvgIpc) is 2.79. The Balaban J connectivity index is 1.84. The molecule has 0 saturated heterocycles. The lowest BCUT2D eigenvalue weighted by Crippen LogP contribution is -2.13. The second-order valence-corrected chi connectivity index (χ2v) is 8.06. The summed E-state index contributed by atoms with van der Waals surface area (Å²) in [4.78, 5) is 23.5. The van der Waals surface area contributed by atoms with Gasteiger partial charge < -0.3 is 9.47 Å². The normalized spacial score (nSPS) is 11.0. The fourth-order valence-corrected chi connectivity index (χ4v) is 3.36. The number of allylic oxidation sites excluding steroid dienone is 2. The zero-order chi connectivity index (χ0) is 22.4. The molecule has 1 aromatic carbocycles. The predicted octanol–water partition coefficient (Wildman–Crippen LogP) is 7.42. The van der Waals surface area contributed by atoms with Crippen molar-refractivity contribution in [3.63, 3.8) is 0 Å². The number of carbonyl (C=O) groups excluding carboxylic acids is 2. The van der Waals surface area contributed by atoms with Gasteiger partial charge in [-0.3, -0.25) is 4.79 Å². The van der Waals surface area contributed by atoms with Crippen LogP contribution in [0.3, 0.4) is 0 Å². The third kappa shape index (κ3) is 16.3.